The van der Waals surface area contributed by atoms with E-state index in [1.165, 1.54) is 12.1 Å². The summed E-state index contributed by atoms with van der Waals surface area (Å²) in [6.45, 7) is 8.89. The summed E-state index contributed by atoms with van der Waals surface area (Å²) in [5.74, 6) is 0.226. The third-order valence-corrected chi connectivity index (χ3v) is 6.42. The molecule has 0 bridgehead atoms. The lowest BCUT2D eigenvalue weighted by atomic mass is 9.93. The Bertz CT molecular complexity index is 839. The number of likely N-dealkylation sites (tertiary alicyclic amines) is 1. The van der Waals surface area contributed by atoms with Gasteiger partial charge in [0.15, 0.2) is 0 Å². The van der Waals surface area contributed by atoms with Gasteiger partial charge in [-0.3, -0.25) is 4.79 Å². The van der Waals surface area contributed by atoms with Crippen LogP contribution in [0.2, 0.25) is 0 Å². The number of nitrogens with zero attached hydrogens (tertiary/aromatic N) is 2. The van der Waals surface area contributed by atoms with Crippen molar-refractivity contribution in [2.45, 2.75) is 64.8 Å². The van der Waals surface area contributed by atoms with E-state index in [1.54, 1.807) is 17.0 Å². The van der Waals surface area contributed by atoms with E-state index in [1.807, 2.05) is 20.8 Å². The SMILES string of the molecule is CC(C)(C)OC(=O)N1CCC(CCNC(=O)C2CCN(c3ccc(OC(F)(F)F)cc3)CC2)CC1. The van der Waals surface area contributed by atoms with Crippen molar-refractivity contribution in [1.29, 1.82) is 0 Å². The van der Waals surface area contributed by atoms with Crippen LogP contribution in [0.15, 0.2) is 24.3 Å². The quantitative estimate of drug-likeness (QED) is 0.600. The van der Waals surface area contributed by atoms with Crippen molar-refractivity contribution in [3.63, 3.8) is 0 Å². The molecule has 2 aliphatic rings. The molecule has 0 radical (unpaired) electrons. The van der Waals surface area contributed by atoms with Crippen LogP contribution in [-0.4, -0.2) is 61.6 Å². The molecule has 2 aliphatic heterocycles. The van der Waals surface area contributed by atoms with Crippen LogP contribution in [0.4, 0.5) is 23.7 Å². The molecule has 7 nitrogen and oxygen atoms in total. The predicted molar refractivity (Wildman–Crippen MR) is 126 cm³/mol. The summed E-state index contributed by atoms with van der Waals surface area (Å²) in [5, 5.41) is 3.06. The lowest BCUT2D eigenvalue weighted by Gasteiger charge is -2.34. The number of carbonyl (C=O) groups is 2. The third kappa shape index (κ3) is 8.81. The van der Waals surface area contributed by atoms with E-state index < -0.39 is 12.0 Å². The zero-order valence-electron chi connectivity index (χ0n) is 20.7. The van der Waals surface area contributed by atoms with E-state index in [0.29, 0.717) is 51.5 Å². The highest BCUT2D eigenvalue weighted by molar-refractivity contribution is 5.79. The van der Waals surface area contributed by atoms with Crippen LogP contribution in [0.25, 0.3) is 0 Å². The standard InChI is InChI=1S/C25H36F3N3O4/c1-24(2,3)35-23(33)31-14-9-18(10-15-31)8-13-29-22(32)19-11-16-30(17-12-19)20-4-6-21(7-5-20)34-25(26,27)28/h4-7,18-19H,8-17H2,1-3H3,(H,29,32). The monoisotopic (exact) mass is 499 g/mol. The van der Waals surface area contributed by atoms with Crippen molar-refractivity contribution in [2.75, 3.05) is 37.6 Å². The van der Waals surface area contributed by atoms with Gasteiger partial charge in [-0.05, 0) is 83.1 Å². The number of halogens is 3. The highest BCUT2D eigenvalue weighted by Crippen LogP contribution is 2.28. The summed E-state index contributed by atoms with van der Waals surface area (Å²) in [7, 11) is 0. The van der Waals surface area contributed by atoms with Crippen LogP contribution in [0.3, 0.4) is 0 Å². The molecule has 10 heteroatoms. The number of anilines is 1. The van der Waals surface area contributed by atoms with Crippen molar-refractivity contribution in [3.8, 4) is 5.75 Å². The lowest BCUT2D eigenvalue weighted by Crippen LogP contribution is -2.43. The van der Waals surface area contributed by atoms with Gasteiger partial charge in [-0.2, -0.15) is 0 Å². The van der Waals surface area contributed by atoms with E-state index >= 15 is 0 Å². The molecule has 2 heterocycles. The molecule has 1 N–H and O–H groups in total. The van der Waals surface area contributed by atoms with E-state index in [0.717, 1.165) is 24.9 Å². The third-order valence-electron chi connectivity index (χ3n) is 6.42. The van der Waals surface area contributed by atoms with E-state index in [2.05, 4.69) is 15.0 Å². The molecule has 3 rings (SSSR count). The van der Waals surface area contributed by atoms with Crippen molar-refractivity contribution < 1.29 is 32.2 Å². The molecule has 2 saturated heterocycles. The molecule has 196 valence electrons. The largest absolute Gasteiger partial charge is 0.573 e. The Kier molecular flexibility index (Phi) is 8.77. The minimum Gasteiger partial charge on any atom is -0.444 e. The molecule has 1 aromatic carbocycles. The van der Waals surface area contributed by atoms with Gasteiger partial charge in [0.05, 0.1) is 0 Å². The van der Waals surface area contributed by atoms with Gasteiger partial charge in [-0.1, -0.05) is 0 Å². The maximum Gasteiger partial charge on any atom is 0.573 e. The van der Waals surface area contributed by atoms with Gasteiger partial charge in [-0.15, -0.1) is 13.2 Å². The number of hydrogen-bond acceptors (Lipinski definition) is 5. The Hall–Kier alpha value is -2.65. The molecule has 0 spiro atoms. The Morgan fingerprint density at radius 2 is 1.57 bits per heavy atom. The Labute approximate surface area is 204 Å². The first kappa shape index (κ1) is 26.9. The number of alkyl halides is 3. The highest BCUT2D eigenvalue weighted by Gasteiger charge is 2.31. The number of carbonyl (C=O) groups excluding carboxylic acids is 2. The first-order chi connectivity index (χ1) is 16.4. The Morgan fingerprint density at radius 1 is 0.971 bits per heavy atom. The summed E-state index contributed by atoms with van der Waals surface area (Å²) in [6, 6.07) is 5.82. The average molecular weight is 500 g/mol. The van der Waals surface area contributed by atoms with Gasteiger partial charge in [0, 0.05) is 44.3 Å². The summed E-state index contributed by atoms with van der Waals surface area (Å²) < 4.78 is 46.3. The second kappa shape index (κ2) is 11.4. The molecule has 2 amide bonds. The smallest absolute Gasteiger partial charge is 0.444 e. The first-order valence-electron chi connectivity index (χ1n) is 12.3. The van der Waals surface area contributed by atoms with E-state index in [4.69, 9.17) is 4.74 Å². The molecule has 0 unspecified atom stereocenters. The van der Waals surface area contributed by atoms with Gasteiger partial charge in [0.1, 0.15) is 11.4 Å². The maximum absolute atomic E-state index is 12.6. The normalized spacial score (nSPS) is 18.3. The van der Waals surface area contributed by atoms with Crippen LogP contribution >= 0.6 is 0 Å². The number of piperidine rings is 2. The second-order valence-corrected chi connectivity index (χ2v) is 10.3. The summed E-state index contributed by atoms with van der Waals surface area (Å²) in [6.07, 6.45) is -0.882. The minimum atomic E-state index is -4.70. The van der Waals surface area contributed by atoms with Crippen LogP contribution in [0.5, 0.6) is 5.75 Å². The molecular weight excluding hydrogens is 463 g/mol. The molecule has 2 fully saturated rings. The van der Waals surface area contributed by atoms with Crippen LogP contribution in [0, 0.1) is 11.8 Å². The molecule has 0 aliphatic carbocycles. The van der Waals surface area contributed by atoms with Crippen LogP contribution in [-0.2, 0) is 9.53 Å². The molecule has 0 atom stereocenters. The Morgan fingerprint density at radius 3 is 2.11 bits per heavy atom. The number of rotatable bonds is 6. The van der Waals surface area contributed by atoms with E-state index in [9.17, 15) is 22.8 Å². The van der Waals surface area contributed by atoms with Gasteiger partial charge in [0.25, 0.3) is 0 Å². The summed E-state index contributed by atoms with van der Waals surface area (Å²) in [5.41, 5.74) is 0.320. The molecular formula is C25H36F3N3O4. The van der Waals surface area contributed by atoms with Crippen molar-refractivity contribution >= 4 is 17.7 Å². The van der Waals surface area contributed by atoms with Gasteiger partial charge in [-0.25, -0.2) is 4.79 Å². The van der Waals surface area contributed by atoms with Crippen molar-refractivity contribution in [2.24, 2.45) is 11.8 Å². The van der Waals surface area contributed by atoms with Gasteiger partial charge < -0.3 is 24.6 Å². The fraction of sp³-hybridized carbons (Fsp3) is 0.680. The molecule has 1 aromatic rings. The molecule has 0 aromatic heterocycles. The Balaban J connectivity index is 1.33. The van der Waals surface area contributed by atoms with Crippen molar-refractivity contribution in [1.82, 2.24) is 10.2 Å². The number of nitrogens with one attached hydrogen (secondary N) is 1. The summed E-state index contributed by atoms with van der Waals surface area (Å²) >= 11 is 0. The lowest BCUT2D eigenvalue weighted by molar-refractivity contribution is -0.274. The fourth-order valence-corrected chi connectivity index (χ4v) is 4.53. The zero-order chi connectivity index (χ0) is 25.6. The second-order valence-electron chi connectivity index (χ2n) is 10.3. The van der Waals surface area contributed by atoms with Gasteiger partial charge >= 0.3 is 12.5 Å². The first-order valence-corrected chi connectivity index (χ1v) is 12.3. The van der Waals surface area contributed by atoms with Crippen molar-refractivity contribution in [3.05, 3.63) is 24.3 Å². The number of benzene rings is 1. The highest BCUT2D eigenvalue weighted by atomic mass is 19.4. The maximum atomic E-state index is 12.6. The van der Waals surface area contributed by atoms with Gasteiger partial charge in [0.2, 0.25) is 5.91 Å². The molecule has 0 saturated carbocycles. The zero-order valence-corrected chi connectivity index (χ0v) is 20.7. The fourth-order valence-electron chi connectivity index (χ4n) is 4.53. The summed E-state index contributed by atoms with van der Waals surface area (Å²) in [4.78, 5) is 28.6. The van der Waals surface area contributed by atoms with Crippen LogP contribution in [0.1, 0.15) is 52.9 Å². The number of amides is 2. The van der Waals surface area contributed by atoms with Crippen LogP contribution < -0.4 is 15.0 Å². The average Bonchev–Trinajstić information content (AvgIpc) is 2.78. The number of hydrogen-bond donors (Lipinski definition) is 1. The minimum absolute atomic E-state index is 0.0600. The predicted octanol–water partition coefficient (Wildman–Crippen LogP) is 4.96. The number of ether oxygens (including phenoxy) is 2. The topological polar surface area (TPSA) is 71.1 Å². The van der Waals surface area contributed by atoms with E-state index in [-0.39, 0.29) is 23.7 Å². The molecule has 35 heavy (non-hydrogen) atoms.